The van der Waals surface area contributed by atoms with Gasteiger partial charge in [0.15, 0.2) is 0 Å². The quantitative estimate of drug-likeness (QED) is 0.876. The van der Waals surface area contributed by atoms with Crippen LogP contribution in [0.2, 0.25) is 5.02 Å². The smallest absolute Gasteiger partial charge is 0.0860 e. The average molecular weight is 246 g/mol. The third kappa shape index (κ3) is 3.47. The summed E-state index contributed by atoms with van der Waals surface area (Å²) in [6.07, 6.45) is 0. The Morgan fingerprint density at radius 3 is 2.44 bits per heavy atom. The van der Waals surface area contributed by atoms with Crippen LogP contribution in [0.15, 0.2) is 0 Å². The van der Waals surface area contributed by atoms with E-state index in [1.54, 1.807) is 18.5 Å². The summed E-state index contributed by atoms with van der Waals surface area (Å²) in [5, 5.41) is 14.7. The zero-order valence-corrected chi connectivity index (χ0v) is 11.3. The van der Waals surface area contributed by atoms with Crippen LogP contribution in [0, 0.1) is 6.92 Å². The molecule has 0 aliphatic carbocycles. The molecular weight excluding hydrogens is 226 g/mol. The highest BCUT2D eigenvalue weighted by atomic mass is 35.5. The van der Waals surface area contributed by atoms with E-state index in [4.69, 9.17) is 11.6 Å². The summed E-state index contributed by atoms with van der Waals surface area (Å²) in [5.41, 5.74) is 1.12. The standard InChI is InChI=1S/C11H20ClN3O/c1-8-10(12)9(15(5)13-8)6-14(4)7-11(2,3)16/h16H,6-7H2,1-5H3. The molecule has 0 unspecified atom stereocenters. The van der Waals surface area contributed by atoms with Gasteiger partial charge in [-0.3, -0.25) is 9.58 Å². The van der Waals surface area contributed by atoms with Crippen LogP contribution in [0.1, 0.15) is 25.2 Å². The Kier molecular flexibility index (Phi) is 3.99. The van der Waals surface area contributed by atoms with Crippen LogP contribution < -0.4 is 0 Å². The maximum atomic E-state index is 9.71. The molecule has 1 aromatic heterocycles. The molecule has 0 saturated carbocycles. The molecule has 1 aromatic rings. The average Bonchev–Trinajstić information content (AvgIpc) is 2.29. The number of nitrogens with zero attached hydrogens (tertiary/aromatic N) is 3. The Hall–Kier alpha value is -0.580. The van der Waals surface area contributed by atoms with Gasteiger partial charge in [0.2, 0.25) is 0 Å². The minimum Gasteiger partial charge on any atom is -0.389 e. The number of hydrogen-bond donors (Lipinski definition) is 1. The van der Waals surface area contributed by atoms with Crippen LogP contribution >= 0.6 is 11.6 Å². The Morgan fingerprint density at radius 2 is 2.06 bits per heavy atom. The van der Waals surface area contributed by atoms with Crippen molar-refractivity contribution in [1.29, 1.82) is 0 Å². The second kappa shape index (κ2) is 4.73. The van der Waals surface area contributed by atoms with E-state index in [0.717, 1.165) is 11.4 Å². The van der Waals surface area contributed by atoms with Crippen molar-refractivity contribution in [3.8, 4) is 0 Å². The van der Waals surface area contributed by atoms with E-state index in [9.17, 15) is 5.11 Å². The summed E-state index contributed by atoms with van der Waals surface area (Å²) in [6, 6.07) is 0. The van der Waals surface area contributed by atoms with Crippen molar-refractivity contribution in [1.82, 2.24) is 14.7 Å². The molecule has 16 heavy (non-hydrogen) atoms. The molecule has 0 saturated heterocycles. The molecule has 5 heteroatoms. The number of halogens is 1. The van der Waals surface area contributed by atoms with Gasteiger partial charge in [-0.05, 0) is 27.8 Å². The van der Waals surface area contributed by atoms with Gasteiger partial charge in [-0.2, -0.15) is 5.10 Å². The second-order valence-corrected chi connectivity index (χ2v) is 5.33. The zero-order chi connectivity index (χ0) is 12.5. The van der Waals surface area contributed by atoms with Gasteiger partial charge in [0.05, 0.1) is 22.0 Å². The van der Waals surface area contributed by atoms with Gasteiger partial charge < -0.3 is 5.11 Å². The lowest BCUT2D eigenvalue weighted by Crippen LogP contribution is -2.36. The molecular formula is C11H20ClN3O. The topological polar surface area (TPSA) is 41.3 Å². The highest BCUT2D eigenvalue weighted by molar-refractivity contribution is 6.31. The molecule has 0 spiro atoms. The second-order valence-electron chi connectivity index (χ2n) is 4.95. The van der Waals surface area contributed by atoms with E-state index in [-0.39, 0.29) is 0 Å². The summed E-state index contributed by atoms with van der Waals surface area (Å²) in [4.78, 5) is 2.03. The lowest BCUT2D eigenvalue weighted by atomic mass is 10.1. The lowest BCUT2D eigenvalue weighted by Gasteiger charge is -2.25. The van der Waals surface area contributed by atoms with E-state index in [2.05, 4.69) is 5.10 Å². The molecule has 0 fully saturated rings. The molecule has 0 radical (unpaired) electrons. The van der Waals surface area contributed by atoms with Crippen molar-refractivity contribution in [2.24, 2.45) is 7.05 Å². The molecule has 1 rings (SSSR count). The van der Waals surface area contributed by atoms with Crippen molar-refractivity contribution in [2.75, 3.05) is 13.6 Å². The maximum Gasteiger partial charge on any atom is 0.0860 e. The first-order valence-electron chi connectivity index (χ1n) is 5.29. The minimum absolute atomic E-state index is 0.591. The molecule has 0 aliphatic rings. The Balaban J connectivity index is 2.73. The highest BCUT2D eigenvalue weighted by Gasteiger charge is 2.18. The van der Waals surface area contributed by atoms with Crippen molar-refractivity contribution in [3.05, 3.63) is 16.4 Å². The molecule has 4 nitrogen and oxygen atoms in total. The van der Waals surface area contributed by atoms with E-state index in [1.807, 2.05) is 25.9 Å². The van der Waals surface area contributed by atoms with E-state index in [0.29, 0.717) is 18.1 Å². The monoisotopic (exact) mass is 245 g/mol. The first-order chi connectivity index (χ1) is 7.20. The molecule has 92 valence electrons. The fourth-order valence-electron chi connectivity index (χ4n) is 1.82. The summed E-state index contributed by atoms with van der Waals surface area (Å²) in [7, 11) is 3.84. The van der Waals surface area contributed by atoms with Crippen molar-refractivity contribution in [3.63, 3.8) is 0 Å². The normalized spacial score (nSPS) is 12.5. The van der Waals surface area contributed by atoms with Gasteiger partial charge in [0, 0.05) is 20.1 Å². The fourth-order valence-corrected chi connectivity index (χ4v) is 2.04. The van der Waals surface area contributed by atoms with Crippen LogP contribution in [-0.2, 0) is 13.6 Å². The van der Waals surface area contributed by atoms with E-state index >= 15 is 0 Å². The lowest BCUT2D eigenvalue weighted by molar-refractivity contribution is 0.0418. The third-order valence-corrected chi connectivity index (χ3v) is 2.83. The van der Waals surface area contributed by atoms with Gasteiger partial charge in [-0.15, -0.1) is 0 Å². The SMILES string of the molecule is Cc1nn(C)c(CN(C)CC(C)(C)O)c1Cl. The van der Waals surface area contributed by atoms with Crippen LogP contribution in [0.25, 0.3) is 0 Å². The molecule has 1 N–H and O–H groups in total. The number of aryl methyl sites for hydroxylation is 2. The highest BCUT2D eigenvalue weighted by Crippen LogP contribution is 2.21. The summed E-state index contributed by atoms with van der Waals surface area (Å²) >= 11 is 6.16. The maximum absolute atomic E-state index is 9.71. The summed E-state index contributed by atoms with van der Waals surface area (Å²) < 4.78 is 1.79. The largest absolute Gasteiger partial charge is 0.389 e. The fraction of sp³-hybridized carbons (Fsp3) is 0.727. The molecule has 0 atom stereocenters. The van der Waals surface area contributed by atoms with Gasteiger partial charge in [0.25, 0.3) is 0 Å². The van der Waals surface area contributed by atoms with Gasteiger partial charge >= 0.3 is 0 Å². The van der Waals surface area contributed by atoms with E-state index in [1.165, 1.54) is 0 Å². The van der Waals surface area contributed by atoms with Crippen molar-refractivity contribution in [2.45, 2.75) is 32.9 Å². The number of hydrogen-bond acceptors (Lipinski definition) is 3. The zero-order valence-electron chi connectivity index (χ0n) is 10.6. The predicted molar refractivity (Wildman–Crippen MR) is 65.6 cm³/mol. The first-order valence-corrected chi connectivity index (χ1v) is 5.67. The summed E-state index contributed by atoms with van der Waals surface area (Å²) in [5.74, 6) is 0. The number of likely N-dealkylation sites (N-methyl/N-ethyl adjacent to an activating group) is 1. The number of aliphatic hydroxyl groups is 1. The third-order valence-electron chi connectivity index (χ3n) is 2.34. The molecule has 1 heterocycles. The van der Waals surface area contributed by atoms with Gasteiger partial charge in [-0.1, -0.05) is 11.6 Å². The van der Waals surface area contributed by atoms with Crippen LogP contribution in [-0.4, -0.2) is 39.0 Å². The van der Waals surface area contributed by atoms with E-state index < -0.39 is 5.60 Å². The molecule has 0 aromatic carbocycles. The molecule has 0 aliphatic heterocycles. The van der Waals surface area contributed by atoms with Crippen LogP contribution in [0.5, 0.6) is 0 Å². The summed E-state index contributed by atoms with van der Waals surface area (Å²) in [6.45, 7) is 6.74. The van der Waals surface area contributed by atoms with Gasteiger partial charge in [-0.25, -0.2) is 0 Å². The van der Waals surface area contributed by atoms with Crippen LogP contribution in [0.4, 0.5) is 0 Å². The Bertz CT molecular complexity index is 368. The molecule has 0 bridgehead atoms. The minimum atomic E-state index is -0.700. The first kappa shape index (κ1) is 13.5. The Labute approximate surface area is 102 Å². The van der Waals surface area contributed by atoms with Crippen molar-refractivity contribution < 1.29 is 5.11 Å². The van der Waals surface area contributed by atoms with Gasteiger partial charge in [0.1, 0.15) is 0 Å². The number of aromatic nitrogens is 2. The van der Waals surface area contributed by atoms with Crippen LogP contribution in [0.3, 0.4) is 0 Å². The Morgan fingerprint density at radius 1 is 1.50 bits per heavy atom. The van der Waals surface area contributed by atoms with Crippen molar-refractivity contribution >= 4 is 11.6 Å². The predicted octanol–water partition coefficient (Wildman–Crippen LogP) is 1.58. The molecule has 0 amide bonds. The number of rotatable bonds is 4.